The molecule has 1 rings (SSSR count). The number of non-ortho nitro benzene ring substituents is 1. The monoisotopic (exact) mass is 374 g/mol. The van der Waals surface area contributed by atoms with Crippen molar-refractivity contribution in [2.24, 2.45) is 11.8 Å². The van der Waals surface area contributed by atoms with Crippen molar-refractivity contribution in [3.05, 3.63) is 33.9 Å². The van der Waals surface area contributed by atoms with Gasteiger partial charge in [-0.3, -0.25) is 19.7 Å². The van der Waals surface area contributed by atoms with Gasteiger partial charge in [-0.1, -0.05) is 6.07 Å². The Hall–Kier alpha value is -3.66. The first-order valence-corrected chi connectivity index (χ1v) is 7.90. The number of ether oxygens (including phenoxy) is 2. The van der Waals surface area contributed by atoms with Gasteiger partial charge in [0.1, 0.15) is 0 Å². The summed E-state index contributed by atoms with van der Waals surface area (Å²) in [5.41, 5.74) is -0.876. The average molecular weight is 374 g/mol. The number of carbonyl (C=O) groups excluding carboxylic acids is 2. The highest BCUT2D eigenvalue weighted by molar-refractivity contribution is 5.82. The van der Waals surface area contributed by atoms with Crippen LogP contribution in [-0.2, 0) is 19.1 Å². The number of nitrogens with zero attached hydrogens (tertiary/aromatic N) is 3. The molecule has 0 bridgehead atoms. The van der Waals surface area contributed by atoms with Crippen LogP contribution in [0.5, 0.6) is 5.75 Å². The maximum Gasteiger partial charge on any atom is 0.324 e. The molecular formula is C17H16N3O7-. The van der Waals surface area contributed by atoms with Crippen LogP contribution in [0, 0.1) is 44.6 Å². The summed E-state index contributed by atoms with van der Waals surface area (Å²) in [4.78, 5) is 34.6. The molecule has 0 unspecified atom stereocenters. The molecule has 0 saturated heterocycles. The van der Waals surface area contributed by atoms with E-state index in [2.05, 4.69) is 0 Å². The molecule has 142 valence electrons. The van der Waals surface area contributed by atoms with Crippen LogP contribution in [0.4, 0.5) is 5.69 Å². The molecule has 0 aliphatic heterocycles. The summed E-state index contributed by atoms with van der Waals surface area (Å²) in [6, 6.07) is 5.93. The number of carbonyl (C=O) groups is 2. The van der Waals surface area contributed by atoms with E-state index in [1.54, 1.807) is 12.1 Å². The lowest BCUT2D eigenvalue weighted by Crippen LogP contribution is -2.33. The van der Waals surface area contributed by atoms with E-state index in [-0.39, 0.29) is 18.8 Å². The molecule has 0 fully saturated rings. The number of hydrogen-bond acceptors (Lipinski definition) is 9. The number of nitriles is 2. The van der Waals surface area contributed by atoms with Crippen molar-refractivity contribution in [2.75, 3.05) is 13.2 Å². The summed E-state index contributed by atoms with van der Waals surface area (Å²) < 4.78 is 9.58. The Morgan fingerprint density at radius 3 is 1.96 bits per heavy atom. The second kappa shape index (κ2) is 9.73. The lowest BCUT2D eigenvalue weighted by atomic mass is 9.77. The molecule has 0 radical (unpaired) electrons. The lowest BCUT2D eigenvalue weighted by molar-refractivity contribution is -0.385. The average Bonchev–Trinajstić information content (AvgIpc) is 2.62. The number of benzene rings is 1. The largest absolute Gasteiger partial charge is 0.872 e. The Kier molecular flexibility index (Phi) is 7.70. The van der Waals surface area contributed by atoms with Crippen molar-refractivity contribution >= 4 is 17.6 Å². The van der Waals surface area contributed by atoms with Crippen LogP contribution in [0.25, 0.3) is 0 Å². The lowest BCUT2D eigenvalue weighted by Gasteiger charge is -2.27. The summed E-state index contributed by atoms with van der Waals surface area (Å²) in [5.74, 6) is -7.89. The van der Waals surface area contributed by atoms with Gasteiger partial charge in [-0.15, -0.1) is 5.75 Å². The molecule has 0 aliphatic carbocycles. The molecule has 1 aromatic carbocycles. The molecule has 0 spiro atoms. The van der Waals surface area contributed by atoms with E-state index in [9.17, 15) is 35.3 Å². The van der Waals surface area contributed by atoms with Crippen molar-refractivity contribution in [3.63, 3.8) is 0 Å². The first kappa shape index (κ1) is 21.4. The molecule has 0 aliphatic rings. The summed E-state index contributed by atoms with van der Waals surface area (Å²) in [6.07, 6.45) is 0. The van der Waals surface area contributed by atoms with Crippen molar-refractivity contribution in [2.45, 2.75) is 19.8 Å². The van der Waals surface area contributed by atoms with Gasteiger partial charge < -0.3 is 14.6 Å². The Balaban J connectivity index is 3.64. The van der Waals surface area contributed by atoms with Crippen LogP contribution < -0.4 is 5.11 Å². The van der Waals surface area contributed by atoms with Crippen molar-refractivity contribution in [1.82, 2.24) is 0 Å². The molecule has 0 amide bonds. The van der Waals surface area contributed by atoms with Gasteiger partial charge in [0.05, 0.1) is 30.3 Å². The third-order valence-corrected chi connectivity index (χ3v) is 3.64. The van der Waals surface area contributed by atoms with Crippen LogP contribution in [0.2, 0.25) is 0 Å². The number of hydrogen-bond donors (Lipinski definition) is 0. The quantitative estimate of drug-likeness (QED) is 0.368. The minimum absolute atomic E-state index is 0.0838. The summed E-state index contributed by atoms with van der Waals surface area (Å²) in [5, 5.41) is 42.2. The van der Waals surface area contributed by atoms with Gasteiger partial charge >= 0.3 is 11.9 Å². The van der Waals surface area contributed by atoms with E-state index in [0.717, 1.165) is 18.2 Å². The molecule has 0 saturated carbocycles. The highest BCUT2D eigenvalue weighted by Gasteiger charge is 2.42. The maximum absolute atomic E-state index is 12.3. The Morgan fingerprint density at radius 2 is 1.59 bits per heavy atom. The fourth-order valence-corrected chi connectivity index (χ4v) is 2.48. The molecular weight excluding hydrogens is 358 g/mol. The fraction of sp³-hybridized carbons (Fsp3) is 0.412. The minimum Gasteiger partial charge on any atom is -0.872 e. The molecule has 0 heterocycles. The molecule has 1 aromatic rings. The molecule has 0 N–H and O–H groups in total. The van der Waals surface area contributed by atoms with Gasteiger partial charge in [-0.05, 0) is 19.4 Å². The van der Waals surface area contributed by atoms with Gasteiger partial charge in [-0.2, -0.15) is 10.5 Å². The van der Waals surface area contributed by atoms with Gasteiger partial charge in [0, 0.05) is 18.1 Å². The predicted molar refractivity (Wildman–Crippen MR) is 86.8 cm³/mol. The van der Waals surface area contributed by atoms with Crippen LogP contribution in [0.3, 0.4) is 0 Å². The molecule has 0 aromatic heterocycles. The standard InChI is InChI=1S/C17H17N3O7/c1-3-26-16(22)12(8-18)15(13(9-19)17(23)27-4-2)11-7-10(20(24)25)5-6-14(11)21/h5-7,12-13,15,21H,3-4H2,1-2H3/p-1/t12-,13-/m0/s1. The Morgan fingerprint density at radius 1 is 1.11 bits per heavy atom. The molecule has 10 nitrogen and oxygen atoms in total. The zero-order valence-electron chi connectivity index (χ0n) is 14.6. The second-order valence-electron chi connectivity index (χ2n) is 5.22. The van der Waals surface area contributed by atoms with Crippen LogP contribution in [0.1, 0.15) is 25.3 Å². The van der Waals surface area contributed by atoms with Gasteiger partial charge in [0.25, 0.3) is 5.69 Å². The maximum atomic E-state index is 12.3. The zero-order valence-corrected chi connectivity index (χ0v) is 14.6. The van der Waals surface area contributed by atoms with Crippen LogP contribution in [0.15, 0.2) is 18.2 Å². The van der Waals surface area contributed by atoms with Gasteiger partial charge in [-0.25, -0.2) is 0 Å². The minimum atomic E-state index is -1.71. The predicted octanol–water partition coefficient (Wildman–Crippen LogP) is 1.16. The van der Waals surface area contributed by atoms with E-state index in [1.807, 2.05) is 0 Å². The highest BCUT2D eigenvalue weighted by atomic mass is 16.6. The van der Waals surface area contributed by atoms with E-state index < -0.39 is 46.1 Å². The van der Waals surface area contributed by atoms with E-state index >= 15 is 0 Å². The van der Waals surface area contributed by atoms with Gasteiger partial charge in [0.2, 0.25) is 0 Å². The Bertz CT molecular complexity index is 774. The number of nitro groups is 1. The van der Waals surface area contributed by atoms with E-state index in [0.29, 0.717) is 0 Å². The summed E-state index contributed by atoms with van der Waals surface area (Å²) >= 11 is 0. The zero-order chi connectivity index (χ0) is 20.6. The number of esters is 2. The topological polar surface area (TPSA) is 166 Å². The SMILES string of the molecule is CCOC(=O)[C@@H](C#N)C(c1cc([N+](=O)[O-])ccc1[O-])[C@H](C#N)C(=O)OCC. The highest BCUT2D eigenvalue weighted by Crippen LogP contribution is 2.39. The molecule has 2 atom stereocenters. The Labute approximate surface area is 154 Å². The first-order chi connectivity index (χ1) is 12.8. The molecule has 27 heavy (non-hydrogen) atoms. The van der Waals surface area contributed by atoms with E-state index in [1.165, 1.54) is 13.8 Å². The first-order valence-electron chi connectivity index (χ1n) is 7.90. The van der Waals surface area contributed by atoms with Crippen molar-refractivity contribution in [1.29, 1.82) is 10.5 Å². The third-order valence-electron chi connectivity index (χ3n) is 3.64. The fourth-order valence-electron chi connectivity index (χ4n) is 2.48. The van der Waals surface area contributed by atoms with Crippen molar-refractivity contribution < 1.29 is 29.1 Å². The van der Waals surface area contributed by atoms with Gasteiger partial charge in [0.15, 0.2) is 11.8 Å². The second-order valence-corrected chi connectivity index (χ2v) is 5.22. The number of nitro benzene ring substituents is 1. The smallest absolute Gasteiger partial charge is 0.324 e. The summed E-state index contributed by atoms with van der Waals surface area (Å²) in [6.45, 7) is 2.81. The number of rotatable bonds is 8. The van der Waals surface area contributed by atoms with Crippen LogP contribution in [-0.4, -0.2) is 30.1 Å². The normalized spacial score (nSPS) is 12.3. The third kappa shape index (κ3) is 4.92. The van der Waals surface area contributed by atoms with E-state index in [4.69, 9.17) is 9.47 Å². The van der Waals surface area contributed by atoms with Crippen LogP contribution >= 0.6 is 0 Å². The van der Waals surface area contributed by atoms with Crippen molar-refractivity contribution in [3.8, 4) is 17.9 Å². The molecule has 10 heteroatoms. The summed E-state index contributed by atoms with van der Waals surface area (Å²) in [7, 11) is 0.